The summed E-state index contributed by atoms with van der Waals surface area (Å²) in [6, 6.07) is 8.46. The van der Waals surface area contributed by atoms with Crippen LogP contribution in [-0.4, -0.2) is 40.8 Å². The van der Waals surface area contributed by atoms with Crippen LogP contribution in [0.5, 0.6) is 0 Å². The molecule has 0 aliphatic rings. The third-order valence-electron chi connectivity index (χ3n) is 3.80. The highest BCUT2D eigenvalue weighted by Gasteiger charge is 2.24. The third kappa shape index (κ3) is 9.75. The molecule has 0 spiro atoms. The van der Waals surface area contributed by atoms with E-state index in [0.717, 1.165) is 11.6 Å². The van der Waals surface area contributed by atoms with Crippen molar-refractivity contribution in [3.05, 3.63) is 48.0 Å². The first-order valence-electron chi connectivity index (χ1n) is 9.35. The number of rotatable bonds is 9. The second-order valence-electron chi connectivity index (χ2n) is 7.44. The maximum absolute atomic E-state index is 12.6. The molecule has 0 bridgehead atoms. The molecule has 2 amide bonds. The average Bonchev–Trinajstić information content (AvgIpc) is 2.61. The maximum Gasteiger partial charge on any atom is 0.408 e. The summed E-state index contributed by atoms with van der Waals surface area (Å²) in [5.41, 5.74) is 0.422. The quantitative estimate of drug-likeness (QED) is 0.562. The maximum atomic E-state index is 12.6. The minimum absolute atomic E-state index is 0.374. The van der Waals surface area contributed by atoms with Gasteiger partial charge in [0.15, 0.2) is 0 Å². The van der Waals surface area contributed by atoms with Crippen molar-refractivity contribution in [1.29, 1.82) is 0 Å². The fourth-order valence-electron chi connectivity index (χ4n) is 2.47. The van der Waals surface area contributed by atoms with Crippen LogP contribution in [-0.2, 0) is 20.7 Å². The van der Waals surface area contributed by atoms with Crippen LogP contribution in [0.15, 0.2) is 42.5 Å². The average molecular weight is 390 g/mol. The monoisotopic (exact) mass is 390 g/mol. The number of carboxylic acid groups (broad SMARTS) is 1. The van der Waals surface area contributed by atoms with Gasteiger partial charge < -0.3 is 20.5 Å². The number of nitrogens with one attached hydrogen (secondary N) is 2. The molecule has 1 aromatic rings. The predicted octanol–water partition coefficient (Wildman–Crippen LogP) is 3.05. The van der Waals surface area contributed by atoms with Crippen LogP contribution >= 0.6 is 0 Å². The smallest absolute Gasteiger partial charge is 0.408 e. The van der Waals surface area contributed by atoms with Gasteiger partial charge in [0.1, 0.15) is 11.6 Å². The first-order valence-corrected chi connectivity index (χ1v) is 9.35. The number of hydrogen-bond acceptors (Lipinski definition) is 4. The van der Waals surface area contributed by atoms with E-state index < -0.39 is 29.7 Å². The van der Waals surface area contributed by atoms with Crippen molar-refractivity contribution in [3.63, 3.8) is 0 Å². The summed E-state index contributed by atoms with van der Waals surface area (Å²) in [5.74, 6) is -1.47. The lowest BCUT2D eigenvalue weighted by molar-refractivity contribution is -0.131. The van der Waals surface area contributed by atoms with Gasteiger partial charge in [0, 0.05) is 12.1 Å². The Morgan fingerprint density at radius 1 is 1.14 bits per heavy atom. The second kappa shape index (κ2) is 11.1. The fraction of sp³-hybridized carbons (Fsp3) is 0.476. The molecule has 154 valence electrons. The van der Waals surface area contributed by atoms with Gasteiger partial charge in [0.2, 0.25) is 5.91 Å². The Morgan fingerprint density at radius 2 is 1.79 bits per heavy atom. The number of amides is 2. The molecule has 1 rings (SSSR count). The molecule has 2 atom stereocenters. The number of ether oxygens (including phenoxy) is 1. The molecule has 28 heavy (non-hydrogen) atoms. The SMILES string of the molecule is CC[C@H](NC(=O)OC(C)(C)C)C(=O)N[C@H](C=CC(=O)O)CCc1ccccc1. The van der Waals surface area contributed by atoms with Gasteiger partial charge in [-0.25, -0.2) is 9.59 Å². The number of carboxylic acids is 1. The summed E-state index contributed by atoms with van der Waals surface area (Å²) in [5, 5.41) is 14.2. The summed E-state index contributed by atoms with van der Waals surface area (Å²) in [6.07, 6.45) is 3.37. The van der Waals surface area contributed by atoms with E-state index in [9.17, 15) is 14.4 Å². The summed E-state index contributed by atoms with van der Waals surface area (Å²) in [7, 11) is 0. The van der Waals surface area contributed by atoms with Gasteiger partial charge in [-0.05, 0) is 45.6 Å². The molecule has 1 aromatic carbocycles. The molecule has 0 saturated heterocycles. The normalized spacial score (nSPS) is 13.6. The van der Waals surface area contributed by atoms with Crippen LogP contribution in [0.2, 0.25) is 0 Å². The summed E-state index contributed by atoms with van der Waals surface area (Å²) < 4.78 is 5.19. The third-order valence-corrected chi connectivity index (χ3v) is 3.80. The lowest BCUT2D eigenvalue weighted by Crippen LogP contribution is -2.50. The largest absolute Gasteiger partial charge is 0.478 e. The predicted molar refractivity (Wildman–Crippen MR) is 107 cm³/mol. The number of aliphatic carboxylic acids is 1. The lowest BCUT2D eigenvalue weighted by atomic mass is 10.0. The van der Waals surface area contributed by atoms with Crippen molar-refractivity contribution in [2.45, 2.75) is 64.6 Å². The van der Waals surface area contributed by atoms with E-state index in [1.165, 1.54) is 6.08 Å². The number of carbonyl (C=O) groups excluding carboxylic acids is 2. The van der Waals surface area contributed by atoms with E-state index in [0.29, 0.717) is 19.3 Å². The molecule has 3 N–H and O–H groups in total. The van der Waals surface area contributed by atoms with Crippen molar-refractivity contribution in [3.8, 4) is 0 Å². The minimum atomic E-state index is -1.09. The molecule has 0 saturated carbocycles. The summed E-state index contributed by atoms with van der Waals surface area (Å²) >= 11 is 0. The van der Waals surface area contributed by atoms with Gasteiger partial charge in [0.05, 0.1) is 0 Å². The standard InChI is InChI=1S/C21H30N2O5/c1-5-17(23-20(27)28-21(2,3)4)19(26)22-16(13-14-18(24)25)12-11-15-9-7-6-8-10-15/h6-10,13-14,16-17H,5,11-12H2,1-4H3,(H,22,26)(H,23,27)(H,24,25)/t16-,17-/m0/s1. The Morgan fingerprint density at radius 3 is 2.32 bits per heavy atom. The van der Waals surface area contributed by atoms with Crippen LogP contribution in [0.1, 0.15) is 46.1 Å². The Bertz CT molecular complexity index is 680. The minimum Gasteiger partial charge on any atom is -0.478 e. The first-order chi connectivity index (χ1) is 13.1. The van der Waals surface area contributed by atoms with E-state index in [2.05, 4.69) is 10.6 Å². The van der Waals surface area contributed by atoms with Crippen LogP contribution in [0.25, 0.3) is 0 Å². The molecule has 7 heteroatoms. The van der Waals surface area contributed by atoms with Crippen molar-refractivity contribution >= 4 is 18.0 Å². The Balaban J connectivity index is 2.73. The van der Waals surface area contributed by atoms with Crippen LogP contribution in [0.3, 0.4) is 0 Å². The Kier molecular flexibility index (Phi) is 9.21. The van der Waals surface area contributed by atoms with E-state index in [1.807, 2.05) is 30.3 Å². The van der Waals surface area contributed by atoms with Gasteiger partial charge in [0.25, 0.3) is 0 Å². The highest BCUT2D eigenvalue weighted by Crippen LogP contribution is 2.09. The Hall–Kier alpha value is -2.83. The van der Waals surface area contributed by atoms with E-state index in [4.69, 9.17) is 9.84 Å². The lowest BCUT2D eigenvalue weighted by Gasteiger charge is -2.24. The molecule has 0 aliphatic heterocycles. The number of carbonyl (C=O) groups is 3. The van der Waals surface area contributed by atoms with Crippen LogP contribution in [0, 0.1) is 0 Å². The fourth-order valence-corrected chi connectivity index (χ4v) is 2.47. The molecule has 0 fully saturated rings. The van der Waals surface area contributed by atoms with Gasteiger partial charge in [-0.15, -0.1) is 0 Å². The van der Waals surface area contributed by atoms with Crippen LogP contribution in [0.4, 0.5) is 4.79 Å². The van der Waals surface area contributed by atoms with E-state index in [-0.39, 0.29) is 5.91 Å². The number of aryl methyl sites for hydroxylation is 1. The highest BCUT2D eigenvalue weighted by atomic mass is 16.6. The second-order valence-corrected chi connectivity index (χ2v) is 7.44. The summed E-state index contributed by atoms with van der Waals surface area (Å²) in [6.45, 7) is 6.99. The van der Waals surface area contributed by atoms with Gasteiger partial charge in [-0.3, -0.25) is 4.79 Å². The zero-order valence-electron chi connectivity index (χ0n) is 16.9. The summed E-state index contributed by atoms with van der Waals surface area (Å²) in [4.78, 5) is 35.4. The van der Waals surface area contributed by atoms with E-state index in [1.54, 1.807) is 27.7 Å². The molecule has 0 radical (unpaired) electrons. The van der Waals surface area contributed by atoms with Crippen molar-refractivity contribution in [2.75, 3.05) is 0 Å². The zero-order chi connectivity index (χ0) is 21.2. The molecule has 0 aromatic heterocycles. The number of benzene rings is 1. The first kappa shape index (κ1) is 23.2. The molecular formula is C21H30N2O5. The molecular weight excluding hydrogens is 360 g/mol. The zero-order valence-corrected chi connectivity index (χ0v) is 16.9. The van der Waals surface area contributed by atoms with Gasteiger partial charge in [-0.1, -0.05) is 43.3 Å². The molecule has 0 unspecified atom stereocenters. The molecule has 7 nitrogen and oxygen atoms in total. The number of alkyl carbamates (subject to hydrolysis) is 1. The van der Waals surface area contributed by atoms with Gasteiger partial charge >= 0.3 is 12.1 Å². The van der Waals surface area contributed by atoms with Crippen molar-refractivity contribution in [2.24, 2.45) is 0 Å². The van der Waals surface area contributed by atoms with Gasteiger partial charge in [-0.2, -0.15) is 0 Å². The molecule has 0 heterocycles. The number of hydrogen-bond donors (Lipinski definition) is 3. The molecule has 0 aliphatic carbocycles. The topological polar surface area (TPSA) is 105 Å². The highest BCUT2D eigenvalue weighted by molar-refractivity contribution is 5.86. The van der Waals surface area contributed by atoms with Crippen molar-refractivity contribution in [1.82, 2.24) is 10.6 Å². The Labute approximate surface area is 166 Å². The van der Waals surface area contributed by atoms with E-state index >= 15 is 0 Å². The van der Waals surface area contributed by atoms with Crippen LogP contribution < -0.4 is 10.6 Å². The van der Waals surface area contributed by atoms with Crippen molar-refractivity contribution < 1.29 is 24.2 Å².